The van der Waals surface area contributed by atoms with Gasteiger partial charge in [0.2, 0.25) is 0 Å². The Balaban J connectivity index is 1.18. The number of para-hydroxylation sites is 1. The molecule has 0 atom stereocenters. The van der Waals surface area contributed by atoms with Crippen LogP contribution in [0.1, 0.15) is 0 Å². The van der Waals surface area contributed by atoms with Gasteiger partial charge in [0, 0.05) is 16.9 Å². The average molecular weight is 600 g/mol. The highest BCUT2D eigenvalue weighted by atomic mass is 15.1. The molecule has 1 heteroatoms. The van der Waals surface area contributed by atoms with Gasteiger partial charge in [-0.1, -0.05) is 158 Å². The van der Waals surface area contributed by atoms with Gasteiger partial charge in [-0.2, -0.15) is 0 Å². The highest BCUT2D eigenvalue weighted by Crippen LogP contribution is 2.42. The van der Waals surface area contributed by atoms with Crippen LogP contribution in [0.4, 0.5) is 17.1 Å². The third kappa shape index (κ3) is 5.83. The molecule has 0 saturated carbocycles. The zero-order valence-corrected chi connectivity index (χ0v) is 26.0. The number of hydrogen-bond donors (Lipinski definition) is 0. The van der Waals surface area contributed by atoms with Crippen molar-refractivity contribution in [3.05, 3.63) is 200 Å². The van der Waals surface area contributed by atoms with E-state index in [2.05, 4.69) is 205 Å². The molecule has 222 valence electrons. The first kappa shape index (κ1) is 28.3. The van der Waals surface area contributed by atoms with Gasteiger partial charge in [-0.05, 0) is 92.2 Å². The first-order valence-electron chi connectivity index (χ1n) is 16.1. The molecule has 8 aromatic carbocycles. The first-order chi connectivity index (χ1) is 23.3. The third-order valence-electron chi connectivity index (χ3n) is 8.87. The van der Waals surface area contributed by atoms with Gasteiger partial charge in [0.05, 0.1) is 5.69 Å². The Morgan fingerprint density at radius 1 is 0.255 bits per heavy atom. The summed E-state index contributed by atoms with van der Waals surface area (Å²) in [7, 11) is 0. The van der Waals surface area contributed by atoms with Gasteiger partial charge in [0.15, 0.2) is 0 Å². The predicted octanol–water partition coefficient (Wildman–Crippen LogP) is 13.0. The lowest BCUT2D eigenvalue weighted by atomic mass is 9.97. The van der Waals surface area contributed by atoms with Gasteiger partial charge in [-0.3, -0.25) is 0 Å². The molecule has 0 unspecified atom stereocenters. The van der Waals surface area contributed by atoms with Crippen LogP contribution in [0, 0.1) is 0 Å². The van der Waals surface area contributed by atoms with Crippen molar-refractivity contribution < 1.29 is 0 Å². The van der Waals surface area contributed by atoms with Crippen molar-refractivity contribution in [2.75, 3.05) is 4.90 Å². The van der Waals surface area contributed by atoms with E-state index in [-0.39, 0.29) is 0 Å². The molecule has 47 heavy (non-hydrogen) atoms. The van der Waals surface area contributed by atoms with Crippen LogP contribution >= 0.6 is 0 Å². The minimum Gasteiger partial charge on any atom is -0.310 e. The minimum absolute atomic E-state index is 1.11. The monoisotopic (exact) mass is 599 g/mol. The van der Waals surface area contributed by atoms with E-state index in [1.54, 1.807) is 0 Å². The van der Waals surface area contributed by atoms with E-state index in [9.17, 15) is 0 Å². The molecule has 0 aromatic heterocycles. The Morgan fingerprint density at radius 2 is 0.702 bits per heavy atom. The molecule has 0 N–H and O–H groups in total. The second kappa shape index (κ2) is 12.7. The van der Waals surface area contributed by atoms with Crippen LogP contribution in [0.3, 0.4) is 0 Å². The highest BCUT2D eigenvalue weighted by Gasteiger charge is 2.17. The Morgan fingerprint density at radius 3 is 1.38 bits per heavy atom. The summed E-state index contributed by atoms with van der Waals surface area (Å²) >= 11 is 0. The van der Waals surface area contributed by atoms with Crippen molar-refractivity contribution in [1.29, 1.82) is 0 Å². The van der Waals surface area contributed by atoms with Crippen molar-refractivity contribution in [3.8, 4) is 44.5 Å². The van der Waals surface area contributed by atoms with Crippen molar-refractivity contribution in [3.63, 3.8) is 0 Å². The maximum absolute atomic E-state index is 2.37. The van der Waals surface area contributed by atoms with Gasteiger partial charge in [-0.25, -0.2) is 0 Å². The molecule has 0 spiro atoms. The summed E-state index contributed by atoms with van der Waals surface area (Å²) in [5.74, 6) is 0. The van der Waals surface area contributed by atoms with E-state index < -0.39 is 0 Å². The van der Waals surface area contributed by atoms with Crippen molar-refractivity contribution >= 4 is 27.8 Å². The van der Waals surface area contributed by atoms with E-state index >= 15 is 0 Å². The van der Waals surface area contributed by atoms with Gasteiger partial charge in [0.1, 0.15) is 0 Å². The lowest BCUT2D eigenvalue weighted by molar-refractivity contribution is 1.28. The summed E-state index contributed by atoms with van der Waals surface area (Å²) < 4.78 is 0. The number of fused-ring (bicyclic) bond motifs is 1. The minimum atomic E-state index is 1.11. The van der Waals surface area contributed by atoms with Gasteiger partial charge >= 0.3 is 0 Å². The molecule has 0 amide bonds. The quantitative estimate of drug-likeness (QED) is 0.176. The van der Waals surface area contributed by atoms with Crippen molar-refractivity contribution in [2.45, 2.75) is 0 Å². The summed E-state index contributed by atoms with van der Waals surface area (Å²) in [6.45, 7) is 0. The molecule has 0 radical (unpaired) electrons. The summed E-state index contributed by atoms with van der Waals surface area (Å²) in [5, 5.41) is 2.52. The van der Waals surface area contributed by atoms with E-state index in [0.29, 0.717) is 0 Å². The topological polar surface area (TPSA) is 3.24 Å². The van der Waals surface area contributed by atoms with E-state index in [1.807, 2.05) is 0 Å². The van der Waals surface area contributed by atoms with E-state index in [1.165, 1.54) is 55.3 Å². The molecule has 0 aliphatic rings. The van der Waals surface area contributed by atoms with Crippen LogP contribution in [0.15, 0.2) is 200 Å². The van der Waals surface area contributed by atoms with Crippen molar-refractivity contribution in [2.24, 2.45) is 0 Å². The lowest BCUT2D eigenvalue weighted by Crippen LogP contribution is -2.11. The van der Waals surface area contributed by atoms with Gasteiger partial charge < -0.3 is 4.90 Å². The van der Waals surface area contributed by atoms with Crippen LogP contribution in [0.5, 0.6) is 0 Å². The van der Waals surface area contributed by atoms with Crippen LogP contribution in [-0.2, 0) is 0 Å². The van der Waals surface area contributed by atoms with Crippen LogP contribution < -0.4 is 4.90 Å². The maximum atomic E-state index is 2.37. The number of benzene rings is 8. The number of nitrogens with zero attached hydrogens (tertiary/aromatic N) is 1. The summed E-state index contributed by atoms with van der Waals surface area (Å²) in [6, 6.07) is 71.8. The van der Waals surface area contributed by atoms with Crippen LogP contribution in [-0.4, -0.2) is 0 Å². The van der Waals surface area contributed by atoms with Crippen LogP contribution in [0.2, 0.25) is 0 Å². The molecule has 0 heterocycles. The second-order valence-corrected chi connectivity index (χ2v) is 11.8. The maximum Gasteiger partial charge on any atom is 0.0540 e. The summed E-state index contributed by atoms with van der Waals surface area (Å²) in [6.07, 6.45) is 0. The molecule has 0 fully saturated rings. The second-order valence-electron chi connectivity index (χ2n) is 11.8. The Kier molecular flexibility index (Phi) is 7.63. The van der Waals surface area contributed by atoms with Gasteiger partial charge in [0.25, 0.3) is 0 Å². The normalized spacial score (nSPS) is 11.0. The Hall–Kier alpha value is -6.18. The smallest absolute Gasteiger partial charge is 0.0540 e. The third-order valence-corrected chi connectivity index (χ3v) is 8.87. The molecule has 1 nitrogen and oxygen atoms in total. The summed E-state index contributed by atoms with van der Waals surface area (Å²) in [4.78, 5) is 2.37. The largest absolute Gasteiger partial charge is 0.310 e. The van der Waals surface area contributed by atoms with Crippen molar-refractivity contribution in [1.82, 2.24) is 0 Å². The number of hydrogen-bond acceptors (Lipinski definition) is 1. The standard InChI is InChI=1S/C46H33N/c1-3-12-34(13-4-1)36-24-28-43(29-25-36)47(46-21-10-9-20-45(46)38-15-5-2-6-16-38)44-30-26-37(27-31-44)40-18-11-19-41(32-40)42-23-22-35-14-7-8-17-39(35)33-42/h1-33H. The zero-order chi connectivity index (χ0) is 31.4. The molecular weight excluding hydrogens is 567 g/mol. The first-order valence-corrected chi connectivity index (χ1v) is 16.1. The number of anilines is 3. The molecule has 0 aliphatic carbocycles. The lowest BCUT2D eigenvalue weighted by Gasteiger charge is -2.28. The highest BCUT2D eigenvalue weighted by molar-refractivity contribution is 5.90. The molecule has 8 aromatic rings. The Bertz CT molecular complexity index is 2270. The SMILES string of the molecule is c1ccc(-c2ccc(N(c3ccc(-c4cccc(-c5ccc6ccccc6c5)c4)cc3)c3ccccc3-c3ccccc3)cc2)cc1. The molecule has 0 saturated heterocycles. The van der Waals surface area contributed by atoms with E-state index in [4.69, 9.17) is 0 Å². The Labute approximate surface area is 276 Å². The van der Waals surface area contributed by atoms with Gasteiger partial charge in [-0.15, -0.1) is 0 Å². The predicted molar refractivity (Wildman–Crippen MR) is 200 cm³/mol. The fourth-order valence-corrected chi connectivity index (χ4v) is 6.44. The summed E-state index contributed by atoms with van der Waals surface area (Å²) in [5.41, 5.74) is 13.0. The number of rotatable bonds is 7. The van der Waals surface area contributed by atoms with E-state index in [0.717, 1.165) is 17.1 Å². The molecular formula is C46H33N. The molecule has 0 aliphatic heterocycles. The zero-order valence-electron chi connectivity index (χ0n) is 26.0. The molecule has 0 bridgehead atoms. The fourth-order valence-electron chi connectivity index (χ4n) is 6.44. The average Bonchev–Trinajstić information content (AvgIpc) is 3.16. The van der Waals surface area contributed by atoms with Crippen LogP contribution in [0.25, 0.3) is 55.3 Å². The fraction of sp³-hybridized carbons (Fsp3) is 0. The molecule has 8 rings (SSSR count).